The second kappa shape index (κ2) is 9.69. The third kappa shape index (κ3) is 5.42. The van der Waals surface area contributed by atoms with Crippen LogP contribution in [-0.2, 0) is 9.53 Å². The first-order valence-electron chi connectivity index (χ1n) is 9.15. The highest BCUT2D eigenvalue weighted by molar-refractivity contribution is 6.07. The number of benzene rings is 2. The molecule has 0 spiro atoms. The lowest BCUT2D eigenvalue weighted by atomic mass is 10.0. The van der Waals surface area contributed by atoms with Gasteiger partial charge in [0.05, 0.1) is 7.11 Å². The number of hydrogen-bond acceptors (Lipinski definition) is 4. The minimum absolute atomic E-state index is 0.205. The monoisotopic (exact) mass is 382 g/mol. The second-order valence-corrected chi connectivity index (χ2v) is 6.96. The van der Waals surface area contributed by atoms with Gasteiger partial charge >= 0.3 is 5.97 Å². The molecule has 2 aromatic rings. The Labute approximate surface area is 165 Å². The number of methoxy groups -OCH3 is 1. The Morgan fingerprint density at radius 2 is 1.64 bits per heavy atom. The predicted molar refractivity (Wildman–Crippen MR) is 108 cm³/mol. The van der Waals surface area contributed by atoms with Crippen molar-refractivity contribution in [1.29, 1.82) is 0 Å². The van der Waals surface area contributed by atoms with Gasteiger partial charge in [0.1, 0.15) is 6.04 Å². The lowest BCUT2D eigenvalue weighted by molar-refractivity contribution is -0.143. The van der Waals surface area contributed by atoms with E-state index in [0.717, 1.165) is 5.69 Å². The summed E-state index contributed by atoms with van der Waals surface area (Å²) >= 11 is 0. The van der Waals surface area contributed by atoms with E-state index in [1.54, 1.807) is 25.2 Å². The number of ether oxygens (including phenoxy) is 1. The SMILES string of the molecule is COC(=O)C(CC(C)C)NC(=O)c1cccc(C(=O)N(C)c2ccccc2)c1. The van der Waals surface area contributed by atoms with Crippen molar-refractivity contribution in [3.05, 3.63) is 65.7 Å². The van der Waals surface area contributed by atoms with Crippen molar-refractivity contribution in [2.24, 2.45) is 5.92 Å². The summed E-state index contributed by atoms with van der Waals surface area (Å²) in [5.74, 6) is -0.935. The lowest BCUT2D eigenvalue weighted by Crippen LogP contribution is -2.42. The Hall–Kier alpha value is -3.15. The van der Waals surface area contributed by atoms with Crippen molar-refractivity contribution < 1.29 is 19.1 Å². The summed E-state index contributed by atoms with van der Waals surface area (Å²) in [6.07, 6.45) is 0.466. The molecule has 1 N–H and O–H groups in total. The number of amides is 2. The molecule has 28 heavy (non-hydrogen) atoms. The van der Waals surface area contributed by atoms with E-state index in [1.807, 2.05) is 44.2 Å². The number of carbonyl (C=O) groups is 3. The van der Waals surface area contributed by atoms with Crippen molar-refractivity contribution >= 4 is 23.5 Å². The Balaban J connectivity index is 2.18. The zero-order chi connectivity index (χ0) is 20.7. The Kier molecular flexibility index (Phi) is 7.32. The van der Waals surface area contributed by atoms with Gasteiger partial charge in [-0.25, -0.2) is 4.79 Å². The van der Waals surface area contributed by atoms with Gasteiger partial charge in [0.25, 0.3) is 11.8 Å². The Morgan fingerprint density at radius 3 is 2.25 bits per heavy atom. The van der Waals surface area contributed by atoms with Gasteiger partial charge in [-0.2, -0.15) is 0 Å². The van der Waals surface area contributed by atoms with E-state index < -0.39 is 17.9 Å². The summed E-state index contributed by atoms with van der Waals surface area (Å²) in [5, 5.41) is 2.70. The van der Waals surface area contributed by atoms with E-state index in [4.69, 9.17) is 4.74 Å². The molecule has 0 fully saturated rings. The van der Waals surface area contributed by atoms with E-state index in [9.17, 15) is 14.4 Å². The standard InChI is InChI=1S/C22H26N2O4/c1-15(2)13-19(22(27)28-4)23-20(25)16-9-8-10-17(14-16)21(26)24(3)18-11-6-5-7-12-18/h5-12,14-15,19H,13H2,1-4H3,(H,23,25). The molecular weight excluding hydrogens is 356 g/mol. The summed E-state index contributed by atoms with van der Waals surface area (Å²) in [7, 11) is 2.97. The molecule has 0 saturated carbocycles. The number of nitrogens with zero attached hydrogens (tertiary/aromatic N) is 1. The Morgan fingerprint density at radius 1 is 1.00 bits per heavy atom. The first-order valence-corrected chi connectivity index (χ1v) is 9.15. The van der Waals surface area contributed by atoms with Crippen molar-refractivity contribution in [2.45, 2.75) is 26.3 Å². The fraction of sp³-hybridized carbons (Fsp3) is 0.318. The van der Waals surface area contributed by atoms with Crippen molar-refractivity contribution in [3.63, 3.8) is 0 Å². The number of hydrogen-bond donors (Lipinski definition) is 1. The van der Waals surface area contributed by atoms with Crippen LogP contribution in [0.5, 0.6) is 0 Å². The third-order valence-electron chi connectivity index (χ3n) is 4.32. The summed E-state index contributed by atoms with van der Waals surface area (Å²) in [6, 6.07) is 15.0. The molecule has 0 saturated heterocycles. The van der Waals surface area contributed by atoms with Gasteiger partial charge in [-0.3, -0.25) is 9.59 Å². The van der Waals surface area contributed by atoms with Crippen LogP contribution in [0, 0.1) is 5.92 Å². The Bertz CT molecular complexity index is 833. The normalized spacial score (nSPS) is 11.6. The van der Waals surface area contributed by atoms with Gasteiger partial charge < -0.3 is 15.0 Å². The van der Waals surface area contributed by atoms with Crippen molar-refractivity contribution in [2.75, 3.05) is 19.1 Å². The maximum atomic E-state index is 12.8. The van der Waals surface area contributed by atoms with Gasteiger partial charge in [-0.1, -0.05) is 38.1 Å². The molecule has 2 amide bonds. The highest BCUT2D eigenvalue weighted by Crippen LogP contribution is 2.16. The smallest absolute Gasteiger partial charge is 0.328 e. The number of anilines is 1. The van der Waals surface area contributed by atoms with Crippen LogP contribution in [0.4, 0.5) is 5.69 Å². The van der Waals surface area contributed by atoms with Crippen molar-refractivity contribution in [1.82, 2.24) is 5.32 Å². The molecule has 2 rings (SSSR count). The molecule has 0 radical (unpaired) electrons. The number of nitrogens with one attached hydrogen (secondary N) is 1. The average Bonchev–Trinajstić information content (AvgIpc) is 2.71. The molecule has 0 aromatic heterocycles. The second-order valence-electron chi connectivity index (χ2n) is 6.96. The molecule has 0 aliphatic carbocycles. The van der Waals surface area contributed by atoms with Crippen LogP contribution in [0.15, 0.2) is 54.6 Å². The zero-order valence-electron chi connectivity index (χ0n) is 16.6. The quantitative estimate of drug-likeness (QED) is 0.746. The highest BCUT2D eigenvalue weighted by Gasteiger charge is 2.23. The van der Waals surface area contributed by atoms with Crippen LogP contribution < -0.4 is 10.2 Å². The molecule has 6 nitrogen and oxygen atoms in total. The average molecular weight is 382 g/mol. The minimum atomic E-state index is -0.733. The van der Waals surface area contributed by atoms with Gasteiger partial charge in [0, 0.05) is 23.9 Å². The maximum absolute atomic E-state index is 12.8. The van der Waals surface area contributed by atoms with Crippen LogP contribution in [0.25, 0.3) is 0 Å². The largest absolute Gasteiger partial charge is 0.467 e. The molecule has 148 valence electrons. The number of carbonyl (C=O) groups excluding carboxylic acids is 3. The van der Waals surface area contributed by atoms with Gasteiger partial charge in [-0.05, 0) is 42.7 Å². The first kappa shape index (κ1) is 21.2. The summed E-state index contributed by atoms with van der Waals surface area (Å²) in [6.45, 7) is 3.92. The number of rotatable bonds is 7. The molecule has 6 heteroatoms. The lowest BCUT2D eigenvalue weighted by Gasteiger charge is -2.19. The topological polar surface area (TPSA) is 75.7 Å². The highest BCUT2D eigenvalue weighted by atomic mass is 16.5. The molecule has 0 bridgehead atoms. The summed E-state index contributed by atoms with van der Waals surface area (Å²) in [5.41, 5.74) is 1.45. The first-order chi connectivity index (χ1) is 13.3. The van der Waals surface area contributed by atoms with E-state index >= 15 is 0 Å². The van der Waals surface area contributed by atoms with E-state index in [1.165, 1.54) is 18.1 Å². The van der Waals surface area contributed by atoms with Crippen LogP contribution in [0.1, 0.15) is 41.0 Å². The molecule has 0 aliphatic rings. The fourth-order valence-corrected chi connectivity index (χ4v) is 2.83. The third-order valence-corrected chi connectivity index (χ3v) is 4.32. The summed E-state index contributed by atoms with van der Waals surface area (Å²) < 4.78 is 4.78. The van der Waals surface area contributed by atoms with Crippen LogP contribution in [0.2, 0.25) is 0 Å². The van der Waals surface area contributed by atoms with Gasteiger partial charge in [-0.15, -0.1) is 0 Å². The maximum Gasteiger partial charge on any atom is 0.328 e. The number of para-hydroxylation sites is 1. The summed E-state index contributed by atoms with van der Waals surface area (Å²) in [4.78, 5) is 38.8. The van der Waals surface area contributed by atoms with Gasteiger partial charge in [0.2, 0.25) is 0 Å². The van der Waals surface area contributed by atoms with E-state index in [-0.39, 0.29) is 11.8 Å². The molecule has 0 heterocycles. The van der Waals surface area contributed by atoms with Crippen LogP contribution in [0.3, 0.4) is 0 Å². The minimum Gasteiger partial charge on any atom is -0.467 e. The molecular formula is C22H26N2O4. The molecule has 1 atom stereocenters. The molecule has 2 aromatic carbocycles. The fourth-order valence-electron chi connectivity index (χ4n) is 2.83. The molecule has 0 aliphatic heterocycles. The zero-order valence-corrected chi connectivity index (χ0v) is 16.6. The van der Waals surface area contributed by atoms with E-state index in [2.05, 4.69) is 5.32 Å². The van der Waals surface area contributed by atoms with Crippen LogP contribution in [-0.4, -0.2) is 38.0 Å². The van der Waals surface area contributed by atoms with Gasteiger partial charge in [0.15, 0.2) is 0 Å². The molecule has 1 unspecified atom stereocenters. The van der Waals surface area contributed by atoms with E-state index in [0.29, 0.717) is 17.5 Å². The van der Waals surface area contributed by atoms with Crippen molar-refractivity contribution in [3.8, 4) is 0 Å². The predicted octanol–water partition coefficient (Wildman–Crippen LogP) is 3.28. The number of esters is 1. The van der Waals surface area contributed by atoms with Crippen LogP contribution >= 0.6 is 0 Å².